The Kier molecular flexibility index (Phi) is 3.99. The number of carbonyl (C=O) groups excluding carboxylic acids is 1. The summed E-state index contributed by atoms with van der Waals surface area (Å²) in [6, 6.07) is 0. The van der Waals surface area contributed by atoms with Crippen LogP contribution in [0.4, 0.5) is 0 Å². The van der Waals surface area contributed by atoms with Crippen molar-refractivity contribution in [2.75, 3.05) is 0 Å². The van der Waals surface area contributed by atoms with E-state index in [2.05, 4.69) is 9.97 Å². The van der Waals surface area contributed by atoms with E-state index in [1.54, 1.807) is 13.1 Å². The summed E-state index contributed by atoms with van der Waals surface area (Å²) in [6.07, 6.45) is 3.58. The lowest BCUT2D eigenvalue weighted by molar-refractivity contribution is -0.310. The third-order valence-electron chi connectivity index (χ3n) is 1.48. The van der Waals surface area contributed by atoms with Gasteiger partial charge in [0.05, 0.1) is 6.33 Å². The van der Waals surface area contributed by atoms with Gasteiger partial charge in [0.15, 0.2) is 0 Å². The predicted molar refractivity (Wildman–Crippen MR) is 42.4 cm³/mol. The van der Waals surface area contributed by atoms with Gasteiger partial charge in [-0.15, -0.1) is 0 Å². The Morgan fingerprint density at radius 1 is 1.83 bits per heavy atom. The molecule has 0 saturated heterocycles. The number of hydrogen-bond donors (Lipinski definition) is 2. The van der Waals surface area contributed by atoms with Gasteiger partial charge < -0.3 is 21.0 Å². The molecule has 1 heterocycles. The SMILES string of the molecule is CC(Cc1cnc[nH]1)C(=O)[O-].[NH4+]. The number of hydrogen-bond acceptors (Lipinski definition) is 3. The predicted octanol–water partition coefficient (Wildman–Crippen LogP) is -0.286. The molecule has 0 aromatic carbocycles. The van der Waals surface area contributed by atoms with Crippen molar-refractivity contribution in [1.82, 2.24) is 16.1 Å². The van der Waals surface area contributed by atoms with Gasteiger partial charge in [-0.2, -0.15) is 0 Å². The van der Waals surface area contributed by atoms with Gasteiger partial charge in [0.1, 0.15) is 0 Å². The van der Waals surface area contributed by atoms with Gasteiger partial charge in [-0.3, -0.25) is 0 Å². The van der Waals surface area contributed by atoms with Crippen LogP contribution < -0.4 is 11.3 Å². The summed E-state index contributed by atoms with van der Waals surface area (Å²) < 4.78 is 0. The second kappa shape index (κ2) is 4.50. The maximum Gasteiger partial charge on any atom is 0.0921 e. The third-order valence-corrected chi connectivity index (χ3v) is 1.48. The molecule has 1 atom stereocenters. The number of carboxylic acid groups (broad SMARTS) is 1. The standard InChI is InChI=1S/C7H10N2O2.H3N/c1-5(7(10)11)2-6-3-8-4-9-6;/h3-5H,2H2,1H3,(H,8,9)(H,10,11);1H3. The molecule has 68 valence electrons. The number of carbonyl (C=O) groups is 1. The fourth-order valence-corrected chi connectivity index (χ4v) is 0.810. The Hall–Kier alpha value is -1.36. The van der Waals surface area contributed by atoms with Gasteiger partial charge in [0, 0.05) is 23.8 Å². The number of H-pyrrole nitrogens is 1. The average Bonchev–Trinajstić information content (AvgIpc) is 2.39. The number of rotatable bonds is 3. The van der Waals surface area contributed by atoms with E-state index in [0.717, 1.165) is 5.69 Å². The zero-order chi connectivity index (χ0) is 8.27. The van der Waals surface area contributed by atoms with Crippen LogP contribution in [0.1, 0.15) is 12.6 Å². The molecule has 5 N–H and O–H groups in total. The molecule has 1 rings (SSSR count). The smallest absolute Gasteiger partial charge is 0.0921 e. The first-order valence-electron chi connectivity index (χ1n) is 3.38. The number of aromatic nitrogens is 2. The lowest BCUT2D eigenvalue weighted by Gasteiger charge is -2.09. The molecule has 0 amide bonds. The molecule has 0 bridgehead atoms. The Morgan fingerprint density at radius 2 is 2.50 bits per heavy atom. The van der Waals surface area contributed by atoms with Gasteiger partial charge in [-0.25, -0.2) is 4.98 Å². The molecule has 0 aliphatic heterocycles. The van der Waals surface area contributed by atoms with Crippen molar-refractivity contribution in [3.63, 3.8) is 0 Å². The Labute approximate surface area is 70.4 Å². The molecule has 1 aromatic rings. The summed E-state index contributed by atoms with van der Waals surface area (Å²) in [6.45, 7) is 1.61. The number of imidazole rings is 1. The van der Waals surface area contributed by atoms with Crippen molar-refractivity contribution < 1.29 is 9.90 Å². The quantitative estimate of drug-likeness (QED) is 0.652. The first-order chi connectivity index (χ1) is 5.20. The van der Waals surface area contributed by atoms with Crippen LogP contribution in [0.3, 0.4) is 0 Å². The number of aromatic amines is 1. The minimum Gasteiger partial charge on any atom is -0.550 e. The Balaban J connectivity index is 0.00000121. The van der Waals surface area contributed by atoms with Crippen molar-refractivity contribution in [2.45, 2.75) is 13.3 Å². The van der Waals surface area contributed by atoms with Crippen LogP contribution in [0.25, 0.3) is 0 Å². The average molecular weight is 171 g/mol. The van der Waals surface area contributed by atoms with Crippen molar-refractivity contribution in [3.8, 4) is 0 Å². The van der Waals surface area contributed by atoms with Crippen molar-refractivity contribution >= 4 is 5.97 Å². The maximum absolute atomic E-state index is 10.3. The number of nitrogens with one attached hydrogen (secondary N) is 1. The highest BCUT2D eigenvalue weighted by atomic mass is 16.4. The minimum absolute atomic E-state index is 0. The first kappa shape index (κ1) is 10.6. The highest BCUT2D eigenvalue weighted by Crippen LogP contribution is 2.02. The van der Waals surface area contributed by atoms with E-state index < -0.39 is 11.9 Å². The van der Waals surface area contributed by atoms with Crippen LogP contribution in [-0.4, -0.2) is 15.9 Å². The van der Waals surface area contributed by atoms with E-state index in [4.69, 9.17) is 0 Å². The molecule has 0 radical (unpaired) electrons. The van der Waals surface area contributed by atoms with E-state index in [-0.39, 0.29) is 6.15 Å². The molecule has 0 spiro atoms. The zero-order valence-corrected chi connectivity index (χ0v) is 7.20. The lowest BCUT2D eigenvalue weighted by atomic mass is 10.1. The molecule has 12 heavy (non-hydrogen) atoms. The molecule has 1 unspecified atom stereocenters. The Morgan fingerprint density at radius 3 is 2.92 bits per heavy atom. The molecule has 5 nitrogen and oxygen atoms in total. The lowest BCUT2D eigenvalue weighted by Crippen LogP contribution is -2.30. The largest absolute Gasteiger partial charge is 0.550 e. The van der Waals surface area contributed by atoms with Gasteiger partial charge in [-0.05, 0) is 6.42 Å². The summed E-state index contributed by atoms with van der Waals surface area (Å²) in [4.78, 5) is 16.9. The van der Waals surface area contributed by atoms with Gasteiger partial charge >= 0.3 is 0 Å². The second-order valence-electron chi connectivity index (χ2n) is 2.50. The zero-order valence-electron chi connectivity index (χ0n) is 7.20. The summed E-state index contributed by atoms with van der Waals surface area (Å²) in [5.41, 5.74) is 0.821. The molecular weight excluding hydrogens is 158 g/mol. The third kappa shape index (κ3) is 2.71. The topological polar surface area (TPSA) is 105 Å². The summed E-state index contributed by atoms with van der Waals surface area (Å²) in [5, 5.41) is 10.3. The maximum atomic E-state index is 10.3. The van der Waals surface area contributed by atoms with Crippen LogP contribution in [0, 0.1) is 5.92 Å². The van der Waals surface area contributed by atoms with Crippen molar-refractivity contribution in [2.24, 2.45) is 5.92 Å². The van der Waals surface area contributed by atoms with E-state index in [0.29, 0.717) is 6.42 Å². The fraction of sp³-hybridized carbons (Fsp3) is 0.429. The van der Waals surface area contributed by atoms with Crippen LogP contribution >= 0.6 is 0 Å². The molecule has 0 aliphatic rings. The molecular formula is C7H13N3O2. The normalized spacial score (nSPS) is 11.8. The Bertz CT molecular complexity index is 233. The van der Waals surface area contributed by atoms with Gasteiger partial charge in [0.25, 0.3) is 0 Å². The monoisotopic (exact) mass is 171 g/mol. The first-order valence-corrected chi connectivity index (χ1v) is 3.38. The molecule has 0 aliphatic carbocycles. The van der Waals surface area contributed by atoms with Gasteiger partial charge in [-0.1, -0.05) is 6.92 Å². The van der Waals surface area contributed by atoms with Crippen LogP contribution in [0.15, 0.2) is 12.5 Å². The van der Waals surface area contributed by atoms with Crippen molar-refractivity contribution in [1.29, 1.82) is 0 Å². The summed E-state index contributed by atoms with van der Waals surface area (Å²) >= 11 is 0. The molecule has 1 aromatic heterocycles. The molecule has 5 heteroatoms. The number of nitrogens with zero attached hydrogens (tertiary/aromatic N) is 1. The molecule has 0 fully saturated rings. The number of carboxylic acids is 1. The number of aliphatic carboxylic acids is 1. The highest BCUT2D eigenvalue weighted by molar-refractivity contribution is 5.67. The number of quaternary nitrogens is 1. The van der Waals surface area contributed by atoms with Gasteiger partial charge in [0.2, 0.25) is 0 Å². The second-order valence-corrected chi connectivity index (χ2v) is 2.50. The van der Waals surface area contributed by atoms with E-state index in [1.165, 1.54) is 6.33 Å². The fourth-order valence-electron chi connectivity index (χ4n) is 0.810. The molecule has 0 saturated carbocycles. The van der Waals surface area contributed by atoms with E-state index in [1.807, 2.05) is 0 Å². The van der Waals surface area contributed by atoms with Crippen LogP contribution in [0.5, 0.6) is 0 Å². The van der Waals surface area contributed by atoms with E-state index >= 15 is 0 Å². The highest BCUT2D eigenvalue weighted by Gasteiger charge is 2.04. The minimum atomic E-state index is -1.03. The van der Waals surface area contributed by atoms with Crippen molar-refractivity contribution in [3.05, 3.63) is 18.2 Å². The van der Waals surface area contributed by atoms with Crippen LogP contribution in [-0.2, 0) is 11.2 Å². The summed E-state index contributed by atoms with van der Waals surface area (Å²) in [7, 11) is 0. The van der Waals surface area contributed by atoms with E-state index in [9.17, 15) is 9.90 Å². The van der Waals surface area contributed by atoms with Crippen LogP contribution in [0.2, 0.25) is 0 Å². The summed E-state index contributed by atoms with van der Waals surface area (Å²) in [5.74, 6) is -1.49.